The number of rotatable bonds is 2. The van der Waals surface area contributed by atoms with Crippen molar-refractivity contribution in [3.8, 4) is 5.75 Å². The molecule has 2 atom stereocenters. The number of nitrogens with zero attached hydrogens (tertiary/aromatic N) is 1. The standard InChI is InChI=1S/C15H21FN2O/c1-11-9-18(6-2-5-17-11)10-14-8-12-7-13(16)3-4-15(12)19-14/h3-4,7,11,14,17H,2,5-6,8-10H2,1H3. The molecule has 104 valence electrons. The molecule has 0 radical (unpaired) electrons. The minimum atomic E-state index is -0.171. The Labute approximate surface area is 113 Å². The van der Waals surface area contributed by atoms with Gasteiger partial charge in [0.05, 0.1) is 0 Å². The van der Waals surface area contributed by atoms with E-state index < -0.39 is 0 Å². The number of fused-ring (bicyclic) bond motifs is 1. The van der Waals surface area contributed by atoms with Crippen molar-refractivity contribution in [2.75, 3.05) is 26.2 Å². The van der Waals surface area contributed by atoms with Crippen LogP contribution in [0, 0.1) is 5.82 Å². The van der Waals surface area contributed by atoms with Gasteiger partial charge in [0.2, 0.25) is 0 Å². The summed E-state index contributed by atoms with van der Waals surface area (Å²) in [5.74, 6) is 0.683. The Kier molecular flexibility index (Phi) is 3.71. The maximum Gasteiger partial charge on any atom is 0.123 e. The first kappa shape index (κ1) is 12.9. The van der Waals surface area contributed by atoms with E-state index in [9.17, 15) is 4.39 Å². The third-order valence-electron chi connectivity index (χ3n) is 3.90. The number of hydrogen-bond donors (Lipinski definition) is 1. The second-order valence-electron chi connectivity index (χ2n) is 5.66. The first-order valence-electron chi connectivity index (χ1n) is 7.11. The van der Waals surface area contributed by atoms with Crippen molar-refractivity contribution >= 4 is 0 Å². The van der Waals surface area contributed by atoms with Gasteiger partial charge in [-0.2, -0.15) is 0 Å². The molecule has 2 aliphatic heterocycles. The molecule has 1 saturated heterocycles. The van der Waals surface area contributed by atoms with Crippen LogP contribution in [-0.4, -0.2) is 43.2 Å². The molecule has 0 amide bonds. The summed E-state index contributed by atoms with van der Waals surface area (Å²) in [6.45, 7) is 6.42. The molecule has 1 fully saturated rings. The van der Waals surface area contributed by atoms with Crippen molar-refractivity contribution in [2.24, 2.45) is 0 Å². The smallest absolute Gasteiger partial charge is 0.123 e. The third-order valence-corrected chi connectivity index (χ3v) is 3.90. The molecule has 2 unspecified atom stereocenters. The van der Waals surface area contributed by atoms with Crippen LogP contribution in [0.1, 0.15) is 18.9 Å². The van der Waals surface area contributed by atoms with Gasteiger partial charge in [-0.1, -0.05) is 0 Å². The van der Waals surface area contributed by atoms with Gasteiger partial charge in [-0.05, 0) is 44.6 Å². The summed E-state index contributed by atoms with van der Waals surface area (Å²) >= 11 is 0. The van der Waals surface area contributed by atoms with E-state index in [1.807, 2.05) is 0 Å². The molecule has 0 saturated carbocycles. The van der Waals surface area contributed by atoms with Crippen LogP contribution in [0.3, 0.4) is 0 Å². The van der Waals surface area contributed by atoms with Crippen molar-refractivity contribution in [3.05, 3.63) is 29.6 Å². The highest BCUT2D eigenvalue weighted by Crippen LogP contribution is 2.29. The van der Waals surface area contributed by atoms with Crippen molar-refractivity contribution in [2.45, 2.75) is 31.9 Å². The average Bonchev–Trinajstić information content (AvgIpc) is 2.63. The zero-order valence-electron chi connectivity index (χ0n) is 11.4. The van der Waals surface area contributed by atoms with Crippen LogP contribution in [0.15, 0.2) is 18.2 Å². The van der Waals surface area contributed by atoms with Crippen molar-refractivity contribution in [3.63, 3.8) is 0 Å². The maximum absolute atomic E-state index is 13.2. The SMILES string of the molecule is CC1CN(CC2Cc3cc(F)ccc3O2)CCCN1. The Hall–Kier alpha value is -1.13. The van der Waals surface area contributed by atoms with Gasteiger partial charge in [0, 0.05) is 31.1 Å². The van der Waals surface area contributed by atoms with Gasteiger partial charge < -0.3 is 10.1 Å². The zero-order chi connectivity index (χ0) is 13.2. The fourth-order valence-corrected chi connectivity index (χ4v) is 3.04. The largest absolute Gasteiger partial charge is 0.488 e. The fourth-order valence-electron chi connectivity index (χ4n) is 3.04. The van der Waals surface area contributed by atoms with E-state index >= 15 is 0 Å². The summed E-state index contributed by atoms with van der Waals surface area (Å²) in [4.78, 5) is 2.46. The van der Waals surface area contributed by atoms with Crippen LogP contribution >= 0.6 is 0 Å². The van der Waals surface area contributed by atoms with E-state index in [2.05, 4.69) is 17.1 Å². The van der Waals surface area contributed by atoms with Crippen LogP contribution < -0.4 is 10.1 Å². The second kappa shape index (κ2) is 5.47. The number of halogens is 1. The predicted molar refractivity (Wildman–Crippen MR) is 73.0 cm³/mol. The molecular weight excluding hydrogens is 243 g/mol. The van der Waals surface area contributed by atoms with Crippen LogP contribution in [0.4, 0.5) is 4.39 Å². The Balaban J connectivity index is 1.60. The zero-order valence-corrected chi connectivity index (χ0v) is 11.4. The second-order valence-corrected chi connectivity index (χ2v) is 5.66. The minimum absolute atomic E-state index is 0.169. The Morgan fingerprint density at radius 2 is 2.37 bits per heavy atom. The Bertz CT molecular complexity index is 452. The lowest BCUT2D eigenvalue weighted by molar-refractivity contribution is 0.150. The first-order valence-corrected chi connectivity index (χ1v) is 7.11. The van der Waals surface area contributed by atoms with Crippen LogP contribution in [0.2, 0.25) is 0 Å². The molecule has 1 aromatic carbocycles. The molecule has 1 N–H and O–H groups in total. The van der Waals surface area contributed by atoms with Gasteiger partial charge in [0.25, 0.3) is 0 Å². The molecule has 0 spiro atoms. The van der Waals surface area contributed by atoms with E-state index in [1.54, 1.807) is 12.1 Å². The summed E-state index contributed by atoms with van der Waals surface area (Å²) in [6, 6.07) is 5.35. The average molecular weight is 264 g/mol. The predicted octanol–water partition coefficient (Wildman–Crippen LogP) is 1.81. The summed E-state index contributed by atoms with van der Waals surface area (Å²) in [5.41, 5.74) is 1.01. The van der Waals surface area contributed by atoms with E-state index in [4.69, 9.17) is 4.74 Å². The molecule has 2 aliphatic rings. The molecule has 1 aromatic rings. The van der Waals surface area contributed by atoms with Gasteiger partial charge in [-0.25, -0.2) is 4.39 Å². The molecule has 19 heavy (non-hydrogen) atoms. The van der Waals surface area contributed by atoms with Crippen molar-refractivity contribution < 1.29 is 9.13 Å². The highest BCUT2D eigenvalue weighted by Gasteiger charge is 2.26. The summed E-state index contributed by atoms with van der Waals surface area (Å²) in [6.07, 6.45) is 2.17. The highest BCUT2D eigenvalue weighted by molar-refractivity contribution is 5.37. The van der Waals surface area contributed by atoms with E-state index in [1.165, 1.54) is 12.5 Å². The van der Waals surface area contributed by atoms with E-state index in [-0.39, 0.29) is 11.9 Å². The van der Waals surface area contributed by atoms with Crippen LogP contribution in [0.5, 0.6) is 5.75 Å². The van der Waals surface area contributed by atoms with Gasteiger partial charge in [0.15, 0.2) is 0 Å². The lowest BCUT2D eigenvalue weighted by atomic mass is 10.1. The lowest BCUT2D eigenvalue weighted by Crippen LogP contribution is -2.40. The monoisotopic (exact) mass is 264 g/mol. The molecule has 3 rings (SSSR count). The van der Waals surface area contributed by atoms with E-state index in [0.717, 1.165) is 43.9 Å². The Morgan fingerprint density at radius 3 is 3.26 bits per heavy atom. The number of nitrogens with one attached hydrogen (secondary N) is 1. The summed E-state index contributed by atoms with van der Waals surface area (Å²) in [7, 11) is 0. The minimum Gasteiger partial charge on any atom is -0.488 e. The van der Waals surface area contributed by atoms with Gasteiger partial charge in [-0.15, -0.1) is 0 Å². The lowest BCUT2D eigenvalue weighted by Gasteiger charge is -2.25. The van der Waals surface area contributed by atoms with Gasteiger partial charge in [-0.3, -0.25) is 4.90 Å². The molecule has 2 heterocycles. The van der Waals surface area contributed by atoms with Crippen molar-refractivity contribution in [1.29, 1.82) is 0 Å². The summed E-state index contributed by atoms with van der Waals surface area (Å²) in [5, 5.41) is 3.49. The van der Waals surface area contributed by atoms with Crippen LogP contribution in [-0.2, 0) is 6.42 Å². The normalized spacial score (nSPS) is 27.7. The van der Waals surface area contributed by atoms with Gasteiger partial charge in [0.1, 0.15) is 17.7 Å². The quantitative estimate of drug-likeness (QED) is 0.881. The third kappa shape index (κ3) is 3.07. The van der Waals surface area contributed by atoms with Crippen molar-refractivity contribution in [1.82, 2.24) is 10.2 Å². The molecule has 0 aliphatic carbocycles. The molecule has 0 bridgehead atoms. The number of ether oxygens (including phenoxy) is 1. The fraction of sp³-hybridized carbons (Fsp3) is 0.600. The topological polar surface area (TPSA) is 24.5 Å². The molecule has 3 nitrogen and oxygen atoms in total. The van der Waals surface area contributed by atoms with E-state index in [0.29, 0.717) is 6.04 Å². The molecule has 4 heteroatoms. The van der Waals surface area contributed by atoms with Crippen LogP contribution in [0.25, 0.3) is 0 Å². The Morgan fingerprint density at radius 1 is 1.47 bits per heavy atom. The molecule has 0 aromatic heterocycles. The number of hydrogen-bond acceptors (Lipinski definition) is 3. The highest BCUT2D eigenvalue weighted by atomic mass is 19.1. The number of benzene rings is 1. The summed E-state index contributed by atoms with van der Waals surface area (Å²) < 4.78 is 19.1. The maximum atomic E-state index is 13.2. The molecular formula is C15H21FN2O. The first-order chi connectivity index (χ1) is 9.20. The van der Waals surface area contributed by atoms with Gasteiger partial charge >= 0.3 is 0 Å².